The molecule has 0 spiro atoms. The molecule has 0 aliphatic rings. The highest BCUT2D eigenvalue weighted by Gasteiger charge is 2.06. The second-order valence-corrected chi connectivity index (χ2v) is 5.95. The Morgan fingerprint density at radius 1 is 0.885 bits per heavy atom. The Balaban J connectivity index is 1.49. The molecule has 4 heteroatoms. The summed E-state index contributed by atoms with van der Waals surface area (Å²) >= 11 is 0. The molecule has 0 unspecified atom stereocenters. The minimum atomic E-state index is -0.117. The maximum atomic E-state index is 12.2. The molecular weight excluding hydrogens is 326 g/mol. The molecule has 26 heavy (non-hydrogen) atoms. The van der Waals surface area contributed by atoms with E-state index in [0.717, 1.165) is 28.7 Å². The summed E-state index contributed by atoms with van der Waals surface area (Å²) in [6.45, 7) is 3.59. The van der Waals surface area contributed by atoms with Crippen LogP contribution in [0, 0.1) is 0 Å². The molecule has 0 bridgehead atoms. The molecule has 0 aliphatic carbocycles. The number of nitrogens with one attached hydrogen (secondary N) is 1. The van der Waals surface area contributed by atoms with E-state index < -0.39 is 0 Å². The Hall–Kier alpha value is -3.01. The van der Waals surface area contributed by atoms with E-state index in [9.17, 15) is 4.79 Å². The maximum Gasteiger partial charge on any atom is 0.251 e. The molecule has 0 fully saturated rings. The average molecular weight is 349 g/mol. The van der Waals surface area contributed by atoms with Gasteiger partial charge >= 0.3 is 0 Å². The molecule has 0 radical (unpaired) electrons. The number of amides is 1. The van der Waals surface area contributed by atoms with Gasteiger partial charge in [0.25, 0.3) is 5.91 Å². The summed E-state index contributed by atoms with van der Waals surface area (Å²) in [6.07, 6.45) is 0.957. The summed E-state index contributed by atoms with van der Waals surface area (Å²) in [6, 6.07) is 21.2. The molecule has 0 aromatic heterocycles. The Labute approximate surface area is 153 Å². The van der Waals surface area contributed by atoms with Crippen molar-refractivity contribution in [3.8, 4) is 11.5 Å². The molecule has 0 saturated heterocycles. The minimum Gasteiger partial charge on any atom is -0.494 e. The van der Waals surface area contributed by atoms with Gasteiger partial charge in [-0.2, -0.15) is 0 Å². The summed E-state index contributed by atoms with van der Waals surface area (Å²) in [5.41, 5.74) is 0.610. The van der Waals surface area contributed by atoms with Crippen LogP contribution in [0.5, 0.6) is 11.5 Å². The van der Waals surface area contributed by atoms with E-state index in [1.807, 2.05) is 42.5 Å². The van der Waals surface area contributed by atoms with E-state index in [2.05, 4.69) is 24.4 Å². The van der Waals surface area contributed by atoms with Crippen LogP contribution in [0.3, 0.4) is 0 Å². The van der Waals surface area contributed by atoms with Crippen molar-refractivity contribution in [2.45, 2.75) is 13.3 Å². The van der Waals surface area contributed by atoms with Gasteiger partial charge in [-0.1, -0.05) is 43.3 Å². The lowest BCUT2D eigenvalue weighted by molar-refractivity contribution is 0.0947. The largest absolute Gasteiger partial charge is 0.494 e. The zero-order valence-corrected chi connectivity index (χ0v) is 14.9. The number of ether oxygens (including phenoxy) is 2. The van der Waals surface area contributed by atoms with Gasteiger partial charge in [-0.05, 0) is 42.1 Å². The van der Waals surface area contributed by atoms with E-state index in [4.69, 9.17) is 9.47 Å². The first-order valence-corrected chi connectivity index (χ1v) is 8.89. The van der Waals surface area contributed by atoms with E-state index in [1.165, 1.54) is 0 Å². The predicted octanol–water partition coefficient (Wildman–Crippen LogP) is 4.44. The molecule has 1 N–H and O–H groups in total. The normalized spacial score (nSPS) is 10.5. The first kappa shape index (κ1) is 17.8. The number of fused-ring (bicyclic) bond motifs is 1. The molecule has 1 amide bonds. The second kappa shape index (κ2) is 8.90. The van der Waals surface area contributed by atoms with Crippen molar-refractivity contribution in [2.75, 3.05) is 19.8 Å². The van der Waals surface area contributed by atoms with Crippen LogP contribution in [0.1, 0.15) is 23.7 Å². The van der Waals surface area contributed by atoms with Crippen LogP contribution in [-0.4, -0.2) is 25.7 Å². The highest BCUT2D eigenvalue weighted by atomic mass is 16.5. The van der Waals surface area contributed by atoms with Gasteiger partial charge in [0.2, 0.25) is 0 Å². The van der Waals surface area contributed by atoms with Crippen molar-refractivity contribution < 1.29 is 14.3 Å². The van der Waals surface area contributed by atoms with Gasteiger partial charge in [0.1, 0.15) is 18.1 Å². The Bertz CT molecular complexity index is 853. The maximum absolute atomic E-state index is 12.2. The zero-order valence-electron chi connectivity index (χ0n) is 14.9. The predicted molar refractivity (Wildman–Crippen MR) is 104 cm³/mol. The van der Waals surface area contributed by atoms with Gasteiger partial charge in [-0.25, -0.2) is 0 Å². The molecule has 0 saturated carbocycles. The van der Waals surface area contributed by atoms with E-state index in [0.29, 0.717) is 25.3 Å². The van der Waals surface area contributed by atoms with Crippen molar-refractivity contribution >= 4 is 16.7 Å². The number of hydrogen-bond acceptors (Lipinski definition) is 3. The van der Waals surface area contributed by atoms with E-state index in [-0.39, 0.29) is 5.91 Å². The molecular formula is C22H23NO3. The first-order valence-electron chi connectivity index (χ1n) is 8.89. The third-order valence-electron chi connectivity index (χ3n) is 3.98. The summed E-state index contributed by atoms with van der Waals surface area (Å²) in [7, 11) is 0. The van der Waals surface area contributed by atoms with Crippen LogP contribution in [-0.2, 0) is 0 Å². The topological polar surface area (TPSA) is 47.6 Å². The van der Waals surface area contributed by atoms with Gasteiger partial charge in [0, 0.05) is 10.9 Å². The van der Waals surface area contributed by atoms with Crippen molar-refractivity contribution in [1.29, 1.82) is 0 Å². The second-order valence-electron chi connectivity index (χ2n) is 5.95. The number of carbonyl (C=O) groups is 1. The average Bonchev–Trinajstić information content (AvgIpc) is 2.70. The third-order valence-corrected chi connectivity index (χ3v) is 3.98. The molecule has 0 aliphatic heterocycles. The smallest absolute Gasteiger partial charge is 0.251 e. The standard InChI is InChI=1S/C22H23NO3/c1-2-15-25-19-12-10-18(11-13-19)22(24)23-14-16-26-21-9-5-7-17-6-3-4-8-20(17)21/h3-13H,2,14-16H2,1H3,(H,23,24). The summed E-state index contributed by atoms with van der Waals surface area (Å²) in [4.78, 5) is 12.2. The minimum absolute atomic E-state index is 0.117. The number of hydrogen-bond donors (Lipinski definition) is 1. The van der Waals surface area contributed by atoms with Crippen LogP contribution in [0.4, 0.5) is 0 Å². The van der Waals surface area contributed by atoms with Gasteiger partial charge in [0.15, 0.2) is 0 Å². The fourth-order valence-electron chi connectivity index (χ4n) is 2.67. The number of benzene rings is 3. The highest BCUT2D eigenvalue weighted by molar-refractivity contribution is 5.94. The number of carbonyl (C=O) groups excluding carboxylic acids is 1. The lowest BCUT2D eigenvalue weighted by Gasteiger charge is -2.10. The van der Waals surface area contributed by atoms with Crippen LogP contribution in [0.25, 0.3) is 10.8 Å². The summed E-state index contributed by atoms with van der Waals surface area (Å²) in [5, 5.41) is 5.09. The monoisotopic (exact) mass is 349 g/mol. The lowest BCUT2D eigenvalue weighted by atomic mass is 10.1. The van der Waals surface area contributed by atoms with Gasteiger partial charge in [-0.3, -0.25) is 4.79 Å². The molecule has 134 valence electrons. The Morgan fingerprint density at radius 3 is 2.46 bits per heavy atom. The fourth-order valence-corrected chi connectivity index (χ4v) is 2.67. The van der Waals surface area contributed by atoms with Crippen LogP contribution < -0.4 is 14.8 Å². The van der Waals surface area contributed by atoms with Crippen molar-refractivity contribution in [3.63, 3.8) is 0 Å². The third kappa shape index (κ3) is 4.54. The van der Waals surface area contributed by atoms with Crippen LogP contribution >= 0.6 is 0 Å². The highest BCUT2D eigenvalue weighted by Crippen LogP contribution is 2.24. The van der Waals surface area contributed by atoms with Crippen molar-refractivity contribution in [1.82, 2.24) is 5.32 Å². The number of rotatable bonds is 8. The molecule has 3 aromatic carbocycles. The summed E-state index contributed by atoms with van der Waals surface area (Å²) < 4.78 is 11.4. The summed E-state index contributed by atoms with van der Waals surface area (Å²) in [5.74, 6) is 1.49. The van der Waals surface area contributed by atoms with Crippen LogP contribution in [0.15, 0.2) is 66.7 Å². The molecule has 0 heterocycles. The molecule has 0 atom stereocenters. The van der Waals surface area contributed by atoms with E-state index >= 15 is 0 Å². The van der Waals surface area contributed by atoms with Crippen LogP contribution in [0.2, 0.25) is 0 Å². The first-order chi connectivity index (χ1) is 12.8. The van der Waals surface area contributed by atoms with Gasteiger partial charge < -0.3 is 14.8 Å². The Morgan fingerprint density at radius 2 is 1.65 bits per heavy atom. The molecule has 3 rings (SSSR count). The SMILES string of the molecule is CCCOc1ccc(C(=O)NCCOc2cccc3ccccc23)cc1. The molecule has 3 aromatic rings. The Kier molecular flexibility index (Phi) is 6.09. The van der Waals surface area contributed by atoms with E-state index in [1.54, 1.807) is 12.1 Å². The van der Waals surface area contributed by atoms with Crippen molar-refractivity contribution in [2.24, 2.45) is 0 Å². The quantitative estimate of drug-likeness (QED) is 0.612. The van der Waals surface area contributed by atoms with Gasteiger partial charge in [0.05, 0.1) is 13.2 Å². The fraction of sp³-hybridized carbons (Fsp3) is 0.227. The molecule has 4 nitrogen and oxygen atoms in total. The zero-order chi connectivity index (χ0) is 18.2. The van der Waals surface area contributed by atoms with Gasteiger partial charge in [-0.15, -0.1) is 0 Å². The lowest BCUT2D eigenvalue weighted by Crippen LogP contribution is -2.28. The van der Waals surface area contributed by atoms with Crippen molar-refractivity contribution in [3.05, 3.63) is 72.3 Å².